The predicted molar refractivity (Wildman–Crippen MR) is 45.6 cm³/mol. The van der Waals surface area contributed by atoms with Gasteiger partial charge >= 0.3 is 5.97 Å². The second-order valence-electron chi connectivity index (χ2n) is 3.93. The fraction of sp³-hybridized carbons (Fsp3) is 0.889. The maximum absolute atomic E-state index is 13.2. The van der Waals surface area contributed by atoms with E-state index in [9.17, 15) is 13.6 Å². The van der Waals surface area contributed by atoms with Crippen molar-refractivity contribution in [1.29, 1.82) is 0 Å². The number of alkyl halides is 2. The molecule has 3 N–H and O–H groups in total. The first-order valence-electron chi connectivity index (χ1n) is 4.73. The number of carbonyl (C=O) groups is 1. The van der Waals surface area contributed by atoms with Crippen LogP contribution in [-0.4, -0.2) is 25.0 Å². The van der Waals surface area contributed by atoms with E-state index in [1.807, 2.05) is 0 Å². The Hall–Kier alpha value is -0.710. The molecule has 14 heavy (non-hydrogen) atoms. The summed E-state index contributed by atoms with van der Waals surface area (Å²) in [4.78, 5) is 10.9. The largest absolute Gasteiger partial charge is 0.465 e. The van der Waals surface area contributed by atoms with E-state index in [2.05, 4.69) is 10.5 Å². The number of quaternary nitrogens is 1. The quantitative estimate of drug-likeness (QED) is 0.672. The fourth-order valence-electron chi connectivity index (χ4n) is 1.44. The van der Waals surface area contributed by atoms with Crippen LogP contribution in [0.3, 0.4) is 0 Å². The molecule has 1 saturated carbocycles. The number of esters is 1. The smallest absolute Gasteiger partial charge is 0.364 e. The lowest BCUT2D eigenvalue weighted by molar-refractivity contribution is -0.416. The summed E-state index contributed by atoms with van der Waals surface area (Å²) in [5.74, 6) is -3.29. The van der Waals surface area contributed by atoms with Gasteiger partial charge in [-0.15, -0.1) is 0 Å². The van der Waals surface area contributed by atoms with Gasteiger partial charge in [-0.05, 0) is 18.8 Å². The molecule has 5 heteroatoms. The molecule has 0 bridgehead atoms. The van der Waals surface area contributed by atoms with Gasteiger partial charge in [0.1, 0.15) is 0 Å². The zero-order valence-corrected chi connectivity index (χ0v) is 8.26. The van der Waals surface area contributed by atoms with Crippen LogP contribution in [0.15, 0.2) is 0 Å². The Balaban J connectivity index is 2.35. The van der Waals surface area contributed by atoms with Crippen molar-refractivity contribution in [2.24, 2.45) is 5.92 Å². The highest BCUT2D eigenvalue weighted by atomic mass is 19.3. The second kappa shape index (κ2) is 4.21. The Morgan fingerprint density at radius 1 is 1.64 bits per heavy atom. The van der Waals surface area contributed by atoms with Gasteiger partial charge in [-0.2, -0.15) is 0 Å². The van der Waals surface area contributed by atoms with Crippen molar-refractivity contribution in [2.75, 3.05) is 7.11 Å². The number of carbonyl (C=O) groups excluding carboxylic acids is 1. The molecule has 1 atom stereocenters. The lowest BCUT2D eigenvalue weighted by Crippen LogP contribution is -2.66. The molecule has 0 aromatic heterocycles. The minimum atomic E-state index is -2.78. The highest BCUT2D eigenvalue weighted by molar-refractivity contribution is 5.73. The lowest BCUT2D eigenvalue weighted by Gasteiger charge is -2.17. The summed E-state index contributed by atoms with van der Waals surface area (Å²) in [7, 11) is 1.18. The van der Waals surface area contributed by atoms with Crippen molar-refractivity contribution in [2.45, 2.75) is 37.6 Å². The van der Waals surface area contributed by atoms with E-state index in [-0.39, 0.29) is 12.3 Å². The third kappa shape index (κ3) is 3.57. The molecule has 0 heterocycles. The molecule has 82 valence electrons. The molecule has 0 aliphatic heterocycles. The Kier molecular flexibility index (Phi) is 3.42. The summed E-state index contributed by atoms with van der Waals surface area (Å²) < 4.78 is 30.8. The van der Waals surface area contributed by atoms with Gasteiger partial charge < -0.3 is 10.5 Å². The molecule has 1 aliphatic rings. The monoisotopic (exact) mass is 208 g/mol. The van der Waals surface area contributed by atoms with E-state index >= 15 is 0 Å². The second-order valence-corrected chi connectivity index (χ2v) is 3.93. The molecule has 0 aromatic carbocycles. The van der Waals surface area contributed by atoms with E-state index in [4.69, 9.17) is 0 Å². The van der Waals surface area contributed by atoms with Crippen molar-refractivity contribution < 1.29 is 24.0 Å². The molecule has 1 aliphatic carbocycles. The standard InChI is InChI=1S/C9H15F2NO2/c1-14-8(13)7(12)5-9(10,11)4-6-2-3-6/h6-7H,2-5,12H2,1H3/p+1/t7-/m0/s1. The first kappa shape index (κ1) is 11.4. The van der Waals surface area contributed by atoms with E-state index < -0.39 is 24.4 Å². The maximum atomic E-state index is 13.2. The average Bonchev–Trinajstić information content (AvgIpc) is 2.84. The molecule has 1 rings (SSSR count). The highest BCUT2D eigenvalue weighted by Crippen LogP contribution is 2.40. The van der Waals surface area contributed by atoms with Crippen LogP contribution in [0.25, 0.3) is 0 Å². The van der Waals surface area contributed by atoms with Crippen molar-refractivity contribution in [3.8, 4) is 0 Å². The van der Waals surface area contributed by atoms with Crippen molar-refractivity contribution >= 4 is 5.97 Å². The minimum Gasteiger partial charge on any atom is -0.465 e. The Labute approximate surface area is 81.6 Å². The van der Waals surface area contributed by atoms with Crippen LogP contribution in [0.1, 0.15) is 25.7 Å². The third-order valence-corrected chi connectivity index (χ3v) is 2.36. The van der Waals surface area contributed by atoms with Gasteiger partial charge in [0.25, 0.3) is 5.92 Å². The number of ether oxygens (including phenoxy) is 1. The van der Waals surface area contributed by atoms with E-state index in [0.717, 1.165) is 12.8 Å². The summed E-state index contributed by atoms with van der Waals surface area (Å²) in [5.41, 5.74) is 3.37. The van der Waals surface area contributed by atoms with Crippen LogP contribution in [0.4, 0.5) is 8.78 Å². The molecule has 0 amide bonds. The summed E-state index contributed by atoms with van der Waals surface area (Å²) >= 11 is 0. The summed E-state index contributed by atoms with van der Waals surface area (Å²) in [6.45, 7) is 0. The Bertz CT molecular complexity index is 217. The Morgan fingerprint density at radius 3 is 2.64 bits per heavy atom. The first-order valence-corrected chi connectivity index (χ1v) is 4.73. The number of methoxy groups -OCH3 is 1. The molecular formula is C9H16F2NO2+. The zero-order valence-electron chi connectivity index (χ0n) is 8.26. The van der Waals surface area contributed by atoms with Gasteiger partial charge in [-0.25, -0.2) is 13.6 Å². The van der Waals surface area contributed by atoms with Crippen LogP contribution in [0.2, 0.25) is 0 Å². The van der Waals surface area contributed by atoms with Gasteiger partial charge in [0, 0.05) is 6.42 Å². The molecule has 0 unspecified atom stereocenters. The summed E-state index contributed by atoms with van der Waals surface area (Å²) in [6.07, 6.45) is 1.15. The molecule has 0 aromatic rings. The van der Waals surface area contributed by atoms with Gasteiger partial charge in [-0.1, -0.05) is 0 Å². The average molecular weight is 208 g/mol. The van der Waals surface area contributed by atoms with E-state index in [0.29, 0.717) is 0 Å². The molecule has 0 saturated heterocycles. The highest BCUT2D eigenvalue weighted by Gasteiger charge is 2.41. The number of halogens is 2. The van der Waals surface area contributed by atoms with Gasteiger partial charge in [0.15, 0.2) is 6.04 Å². The maximum Gasteiger partial charge on any atom is 0.364 e. The van der Waals surface area contributed by atoms with Crippen molar-refractivity contribution in [1.82, 2.24) is 0 Å². The molecule has 0 spiro atoms. The van der Waals surface area contributed by atoms with Gasteiger partial charge in [0.05, 0.1) is 13.5 Å². The predicted octanol–water partition coefficient (Wildman–Crippen LogP) is 0.595. The lowest BCUT2D eigenvalue weighted by atomic mass is 10.0. The zero-order chi connectivity index (χ0) is 10.8. The van der Waals surface area contributed by atoms with Gasteiger partial charge in [0.2, 0.25) is 0 Å². The fourth-order valence-corrected chi connectivity index (χ4v) is 1.44. The molecule has 3 nitrogen and oxygen atoms in total. The van der Waals surface area contributed by atoms with Crippen LogP contribution in [-0.2, 0) is 9.53 Å². The molecular weight excluding hydrogens is 192 g/mol. The minimum absolute atomic E-state index is 0.115. The van der Waals surface area contributed by atoms with Gasteiger partial charge in [-0.3, -0.25) is 0 Å². The molecule has 1 fully saturated rings. The van der Waals surface area contributed by atoms with Crippen LogP contribution >= 0.6 is 0 Å². The molecule has 0 radical (unpaired) electrons. The van der Waals surface area contributed by atoms with Crippen molar-refractivity contribution in [3.63, 3.8) is 0 Å². The summed E-state index contributed by atoms with van der Waals surface area (Å²) in [6, 6.07) is -0.964. The van der Waals surface area contributed by atoms with E-state index in [1.165, 1.54) is 7.11 Å². The SMILES string of the molecule is COC(=O)[C@@H]([NH3+])CC(F)(F)CC1CC1. The van der Waals surface area contributed by atoms with Crippen LogP contribution < -0.4 is 5.73 Å². The van der Waals surface area contributed by atoms with Crippen LogP contribution in [0, 0.1) is 5.92 Å². The number of rotatable bonds is 5. The van der Waals surface area contributed by atoms with Crippen molar-refractivity contribution in [3.05, 3.63) is 0 Å². The number of hydrogen-bond acceptors (Lipinski definition) is 2. The topological polar surface area (TPSA) is 53.9 Å². The Morgan fingerprint density at radius 2 is 2.21 bits per heavy atom. The third-order valence-electron chi connectivity index (χ3n) is 2.36. The van der Waals surface area contributed by atoms with Crippen LogP contribution in [0.5, 0.6) is 0 Å². The number of hydrogen-bond donors (Lipinski definition) is 1. The summed E-state index contributed by atoms with van der Waals surface area (Å²) in [5, 5.41) is 0. The van der Waals surface area contributed by atoms with E-state index in [1.54, 1.807) is 0 Å². The normalized spacial score (nSPS) is 19.1. The first-order chi connectivity index (χ1) is 6.44.